The maximum absolute atomic E-state index is 13.6. The molecule has 6 nitrogen and oxygen atoms in total. The second-order valence-corrected chi connectivity index (χ2v) is 9.15. The molecule has 0 saturated carbocycles. The lowest BCUT2D eigenvalue weighted by atomic mass is 9.98. The van der Waals surface area contributed by atoms with Crippen molar-refractivity contribution in [1.82, 2.24) is 4.98 Å². The van der Waals surface area contributed by atoms with Crippen LogP contribution in [0.25, 0.3) is 11.0 Å². The summed E-state index contributed by atoms with van der Waals surface area (Å²) >= 11 is 7.55. The van der Waals surface area contributed by atoms with Crippen molar-refractivity contribution in [2.45, 2.75) is 26.8 Å². The van der Waals surface area contributed by atoms with Gasteiger partial charge >= 0.3 is 0 Å². The Morgan fingerprint density at radius 2 is 2.00 bits per heavy atom. The first-order chi connectivity index (χ1) is 15.4. The first-order valence-corrected chi connectivity index (χ1v) is 11.3. The number of nitrogens with zero attached hydrogens (tertiary/aromatic N) is 2. The third kappa shape index (κ3) is 3.20. The van der Waals surface area contributed by atoms with Gasteiger partial charge in [-0.15, -0.1) is 11.3 Å². The fourth-order valence-electron chi connectivity index (χ4n) is 3.96. The van der Waals surface area contributed by atoms with Crippen molar-refractivity contribution in [1.29, 1.82) is 0 Å². The van der Waals surface area contributed by atoms with Gasteiger partial charge < -0.3 is 9.15 Å². The topological polar surface area (TPSA) is 72.6 Å². The number of rotatable bonds is 4. The number of anilines is 1. The van der Waals surface area contributed by atoms with Gasteiger partial charge in [-0.2, -0.15) is 0 Å². The molecule has 0 N–H and O–H groups in total. The summed E-state index contributed by atoms with van der Waals surface area (Å²) in [6.07, 6.45) is 0. The maximum Gasteiger partial charge on any atom is 0.297 e. The van der Waals surface area contributed by atoms with Crippen LogP contribution in [-0.2, 0) is 0 Å². The van der Waals surface area contributed by atoms with Gasteiger partial charge in [-0.25, -0.2) is 4.98 Å². The number of aromatic nitrogens is 1. The minimum absolute atomic E-state index is 0.0298. The minimum atomic E-state index is -0.692. The van der Waals surface area contributed by atoms with E-state index < -0.39 is 11.9 Å². The first-order valence-electron chi connectivity index (χ1n) is 10.2. The average Bonchev–Trinajstić information content (AvgIpc) is 3.25. The average molecular weight is 467 g/mol. The van der Waals surface area contributed by atoms with E-state index in [9.17, 15) is 9.59 Å². The van der Waals surface area contributed by atoms with E-state index in [1.54, 1.807) is 23.1 Å². The van der Waals surface area contributed by atoms with Crippen molar-refractivity contribution >= 4 is 44.9 Å². The lowest BCUT2D eigenvalue weighted by Gasteiger charge is -2.23. The van der Waals surface area contributed by atoms with Gasteiger partial charge in [0.25, 0.3) is 5.91 Å². The largest absolute Gasteiger partial charge is 0.494 e. The number of carbonyl (C=O) groups excluding carboxylic acids is 1. The molecule has 162 valence electrons. The number of ether oxygens (including phenoxy) is 1. The molecule has 0 aliphatic carbocycles. The summed E-state index contributed by atoms with van der Waals surface area (Å²) in [6, 6.07) is 11.5. The van der Waals surface area contributed by atoms with E-state index in [-0.39, 0.29) is 16.8 Å². The third-order valence-electron chi connectivity index (χ3n) is 5.54. The molecule has 5 rings (SSSR count). The van der Waals surface area contributed by atoms with Crippen molar-refractivity contribution in [2.75, 3.05) is 11.5 Å². The molecule has 0 bridgehead atoms. The van der Waals surface area contributed by atoms with Crippen LogP contribution < -0.4 is 15.1 Å². The van der Waals surface area contributed by atoms with E-state index in [2.05, 4.69) is 4.98 Å². The molecule has 1 amide bonds. The van der Waals surface area contributed by atoms with E-state index in [1.807, 2.05) is 45.0 Å². The van der Waals surface area contributed by atoms with Gasteiger partial charge in [0.1, 0.15) is 11.3 Å². The number of benzene rings is 2. The SMILES string of the molecule is CCOc1cccc([C@H]2c3c(oc4ccc(Cl)cc4c3=O)C(=O)N2c2nc(C)c(C)s2)c1. The van der Waals surface area contributed by atoms with Crippen LogP contribution in [0.5, 0.6) is 5.75 Å². The number of hydrogen-bond donors (Lipinski definition) is 0. The molecular formula is C24H19ClN2O4S. The summed E-state index contributed by atoms with van der Waals surface area (Å²) in [5.41, 5.74) is 1.90. The zero-order valence-corrected chi connectivity index (χ0v) is 19.2. The Morgan fingerprint density at radius 1 is 1.19 bits per heavy atom. The highest BCUT2D eigenvalue weighted by Gasteiger charge is 2.45. The Labute approximate surface area is 193 Å². The molecule has 8 heteroatoms. The molecule has 0 radical (unpaired) electrons. The number of carbonyl (C=O) groups is 1. The fourth-order valence-corrected chi connectivity index (χ4v) is 5.07. The molecule has 0 saturated heterocycles. The van der Waals surface area contributed by atoms with Crippen molar-refractivity contribution < 1.29 is 13.9 Å². The number of fused-ring (bicyclic) bond motifs is 2. The summed E-state index contributed by atoms with van der Waals surface area (Å²) in [6.45, 7) is 6.25. The van der Waals surface area contributed by atoms with Gasteiger partial charge in [-0.1, -0.05) is 23.7 Å². The fraction of sp³-hybridized carbons (Fsp3) is 0.208. The second-order valence-electron chi connectivity index (χ2n) is 7.54. The molecule has 1 atom stereocenters. The predicted octanol–water partition coefficient (Wildman–Crippen LogP) is 5.67. The van der Waals surface area contributed by atoms with Crippen LogP contribution in [0.3, 0.4) is 0 Å². The predicted molar refractivity (Wildman–Crippen MR) is 125 cm³/mol. The lowest BCUT2D eigenvalue weighted by molar-refractivity contribution is 0.0971. The van der Waals surface area contributed by atoms with Gasteiger partial charge in [0.15, 0.2) is 10.6 Å². The lowest BCUT2D eigenvalue weighted by Crippen LogP contribution is -2.29. The molecule has 2 aromatic carbocycles. The van der Waals surface area contributed by atoms with E-state index in [0.717, 1.165) is 16.1 Å². The molecule has 1 aliphatic rings. The highest BCUT2D eigenvalue weighted by atomic mass is 35.5. The number of halogens is 1. The number of amides is 1. The van der Waals surface area contributed by atoms with Gasteiger partial charge in [0.2, 0.25) is 5.76 Å². The highest BCUT2D eigenvalue weighted by Crippen LogP contribution is 2.43. The van der Waals surface area contributed by atoms with Crippen LogP contribution in [0.4, 0.5) is 5.13 Å². The standard InChI is InChI=1S/C24H19ClN2O4S/c1-4-30-16-7-5-6-14(10-16)20-19-21(28)17-11-15(25)8-9-18(17)31-22(19)23(29)27(20)24-26-12(2)13(3)32-24/h5-11,20H,4H2,1-3H3/t20-/m0/s1. The Hall–Kier alpha value is -3.16. The van der Waals surface area contributed by atoms with Crippen molar-refractivity contribution in [3.8, 4) is 5.75 Å². The van der Waals surface area contributed by atoms with E-state index in [0.29, 0.717) is 33.5 Å². The molecule has 32 heavy (non-hydrogen) atoms. The quantitative estimate of drug-likeness (QED) is 0.387. The Morgan fingerprint density at radius 3 is 2.72 bits per heavy atom. The molecule has 3 heterocycles. The van der Waals surface area contributed by atoms with Crippen LogP contribution in [0.1, 0.15) is 45.2 Å². The first kappa shape index (κ1) is 20.7. The molecule has 1 aliphatic heterocycles. The summed E-state index contributed by atoms with van der Waals surface area (Å²) in [5.74, 6) is 0.294. The summed E-state index contributed by atoms with van der Waals surface area (Å²) in [5, 5.41) is 1.28. The summed E-state index contributed by atoms with van der Waals surface area (Å²) < 4.78 is 11.6. The number of thiazole rings is 1. The van der Waals surface area contributed by atoms with Crippen LogP contribution in [-0.4, -0.2) is 17.5 Å². The van der Waals surface area contributed by atoms with Gasteiger partial charge in [0, 0.05) is 9.90 Å². The van der Waals surface area contributed by atoms with Gasteiger partial charge in [0.05, 0.1) is 29.3 Å². The van der Waals surface area contributed by atoms with E-state index in [4.69, 9.17) is 20.8 Å². The van der Waals surface area contributed by atoms with Gasteiger partial charge in [-0.05, 0) is 56.7 Å². The van der Waals surface area contributed by atoms with Crippen LogP contribution in [0, 0.1) is 13.8 Å². The zero-order valence-electron chi connectivity index (χ0n) is 17.6. The molecule has 0 spiro atoms. The smallest absolute Gasteiger partial charge is 0.297 e. The van der Waals surface area contributed by atoms with Crippen LogP contribution >= 0.6 is 22.9 Å². The van der Waals surface area contributed by atoms with Crippen molar-refractivity contribution in [3.63, 3.8) is 0 Å². The summed E-state index contributed by atoms with van der Waals surface area (Å²) in [4.78, 5) is 34.3. The Kier molecular flexibility index (Phi) is 5.03. The third-order valence-corrected chi connectivity index (χ3v) is 6.85. The molecular weight excluding hydrogens is 448 g/mol. The molecule has 0 fully saturated rings. The number of hydrogen-bond acceptors (Lipinski definition) is 6. The highest BCUT2D eigenvalue weighted by molar-refractivity contribution is 7.15. The maximum atomic E-state index is 13.6. The van der Waals surface area contributed by atoms with E-state index >= 15 is 0 Å². The van der Waals surface area contributed by atoms with E-state index in [1.165, 1.54) is 11.3 Å². The zero-order chi connectivity index (χ0) is 22.6. The molecule has 2 aromatic heterocycles. The van der Waals surface area contributed by atoms with Crippen LogP contribution in [0.15, 0.2) is 51.7 Å². The van der Waals surface area contributed by atoms with Gasteiger partial charge in [-0.3, -0.25) is 14.5 Å². The Bertz CT molecular complexity index is 1420. The summed E-state index contributed by atoms with van der Waals surface area (Å²) in [7, 11) is 0. The Balaban J connectivity index is 1.80. The molecule has 0 unspecified atom stereocenters. The van der Waals surface area contributed by atoms with Crippen LogP contribution in [0.2, 0.25) is 5.02 Å². The number of aryl methyl sites for hydroxylation is 2. The normalized spacial score (nSPS) is 15.4. The van der Waals surface area contributed by atoms with Crippen molar-refractivity contribution in [3.05, 3.63) is 85.2 Å². The monoisotopic (exact) mass is 466 g/mol. The minimum Gasteiger partial charge on any atom is -0.494 e. The van der Waals surface area contributed by atoms with Crippen molar-refractivity contribution in [2.24, 2.45) is 0 Å². The molecule has 4 aromatic rings. The second kappa shape index (κ2) is 7.76.